The van der Waals surface area contributed by atoms with Gasteiger partial charge in [0.15, 0.2) is 0 Å². The number of nitrogen functional groups attached to an aromatic ring is 1. The third-order valence-corrected chi connectivity index (χ3v) is 5.93. The number of sulfonamides is 1. The van der Waals surface area contributed by atoms with Gasteiger partial charge in [0.05, 0.1) is 17.3 Å². The standard InChI is InChI=1S/C15H17ClN4O3S/c1-10-13(3-2-5-18-10)23-12-4-6-20(9-12)24(21,22)14-7-11(16)8-19-15(14)17/h2-3,5,7-8,12H,4,6,9H2,1H3,(H2,17,19)/t12-/m0/s1. The molecule has 0 spiro atoms. The van der Waals surface area contributed by atoms with Gasteiger partial charge in [-0.15, -0.1) is 0 Å². The first kappa shape index (κ1) is 16.9. The van der Waals surface area contributed by atoms with Gasteiger partial charge in [0.1, 0.15) is 22.6 Å². The summed E-state index contributed by atoms with van der Waals surface area (Å²) in [4.78, 5) is 7.90. The first-order valence-corrected chi connectivity index (χ1v) is 9.19. The zero-order valence-electron chi connectivity index (χ0n) is 13.0. The number of nitrogens with two attached hydrogens (primary N) is 1. The number of aryl methyl sites for hydroxylation is 1. The second-order valence-electron chi connectivity index (χ2n) is 5.52. The fourth-order valence-corrected chi connectivity index (χ4v) is 4.36. The molecule has 2 N–H and O–H groups in total. The van der Waals surface area contributed by atoms with E-state index < -0.39 is 10.0 Å². The first-order chi connectivity index (χ1) is 11.4. The number of anilines is 1. The number of pyridine rings is 2. The molecule has 3 rings (SSSR count). The molecule has 1 aliphatic rings. The topological polar surface area (TPSA) is 98.4 Å². The molecule has 0 bridgehead atoms. The van der Waals surface area contributed by atoms with E-state index in [1.807, 2.05) is 13.0 Å². The van der Waals surface area contributed by atoms with Gasteiger partial charge in [-0.2, -0.15) is 4.31 Å². The van der Waals surface area contributed by atoms with Gasteiger partial charge in [-0.05, 0) is 31.5 Å². The lowest BCUT2D eigenvalue weighted by Gasteiger charge is -2.18. The van der Waals surface area contributed by atoms with Crippen LogP contribution >= 0.6 is 11.6 Å². The summed E-state index contributed by atoms with van der Waals surface area (Å²) in [6.07, 6.45) is 3.34. The van der Waals surface area contributed by atoms with Crippen LogP contribution in [0.5, 0.6) is 5.75 Å². The van der Waals surface area contributed by atoms with Crippen LogP contribution < -0.4 is 10.5 Å². The van der Waals surface area contributed by atoms with E-state index in [4.69, 9.17) is 22.1 Å². The molecule has 1 aliphatic heterocycles. The molecule has 0 unspecified atom stereocenters. The third-order valence-electron chi connectivity index (χ3n) is 3.83. The second kappa shape index (κ2) is 6.54. The van der Waals surface area contributed by atoms with Gasteiger partial charge in [-0.3, -0.25) is 4.98 Å². The van der Waals surface area contributed by atoms with Crippen LogP contribution in [-0.4, -0.2) is 41.9 Å². The van der Waals surface area contributed by atoms with Crippen LogP contribution in [0.25, 0.3) is 0 Å². The minimum atomic E-state index is -3.76. The molecule has 0 aromatic carbocycles. The molecular weight excluding hydrogens is 352 g/mol. The Balaban J connectivity index is 1.77. The summed E-state index contributed by atoms with van der Waals surface area (Å²) in [6.45, 7) is 2.43. The van der Waals surface area contributed by atoms with Gasteiger partial charge in [0, 0.05) is 18.9 Å². The fraction of sp³-hybridized carbons (Fsp3) is 0.333. The summed E-state index contributed by atoms with van der Waals surface area (Å²) in [5.74, 6) is 0.595. The Labute approximate surface area is 145 Å². The molecule has 2 aromatic rings. The lowest BCUT2D eigenvalue weighted by atomic mass is 10.3. The highest BCUT2D eigenvalue weighted by Crippen LogP contribution is 2.28. The molecule has 7 nitrogen and oxygen atoms in total. The maximum Gasteiger partial charge on any atom is 0.246 e. The molecule has 0 saturated carbocycles. The summed E-state index contributed by atoms with van der Waals surface area (Å²) >= 11 is 5.85. The van der Waals surface area contributed by atoms with E-state index in [1.54, 1.807) is 12.3 Å². The average molecular weight is 369 g/mol. The molecular formula is C15H17ClN4O3S. The summed E-state index contributed by atoms with van der Waals surface area (Å²) in [6, 6.07) is 4.92. The molecule has 1 atom stereocenters. The Morgan fingerprint density at radius 2 is 2.21 bits per heavy atom. The molecule has 0 radical (unpaired) electrons. The Morgan fingerprint density at radius 1 is 1.42 bits per heavy atom. The number of aromatic nitrogens is 2. The van der Waals surface area contributed by atoms with Crippen molar-refractivity contribution in [2.45, 2.75) is 24.3 Å². The van der Waals surface area contributed by atoms with Gasteiger partial charge in [-0.25, -0.2) is 13.4 Å². The van der Waals surface area contributed by atoms with Crippen molar-refractivity contribution in [2.24, 2.45) is 0 Å². The van der Waals surface area contributed by atoms with Crippen LogP contribution in [0.15, 0.2) is 35.5 Å². The predicted molar refractivity (Wildman–Crippen MR) is 90.4 cm³/mol. The number of ether oxygens (including phenoxy) is 1. The maximum atomic E-state index is 12.8. The van der Waals surface area contributed by atoms with Crippen LogP contribution in [0.4, 0.5) is 5.82 Å². The Morgan fingerprint density at radius 3 is 2.96 bits per heavy atom. The highest BCUT2D eigenvalue weighted by molar-refractivity contribution is 7.89. The Kier molecular flexibility index (Phi) is 4.62. The fourth-order valence-electron chi connectivity index (χ4n) is 2.56. The monoisotopic (exact) mass is 368 g/mol. The average Bonchev–Trinajstić information content (AvgIpc) is 3.01. The molecule has 24 heavy (non-hydrogen) atoms. The van der Waals surface area contributed by atoms with Crippen LogP contribution in [0, 0.1) is 6.92 Å². The lowest BCUT2D eigenvalue weighted by Crippen LogP contribution is -2.31. The van der Waals surface area contributed by atoms with Crippen molar-refractivity contribution >= 4 is 27.4 Å². The van der Waals surface area contributed by atoms with Crippen molar-refractivity contribution in [2.75, 3.05) is 18.8 Å². The van der Waals surface area contributed by atoms with E-state index in [0.29, 0.717) is 18.7 Å². The van der Waals surface area contributed by atoms with E-state index in [1.165, 1.54) is 16.6 Å². The molecule has 1 fully saturated rings. The number of halogens is 1. The van der Waals surface area contributed by atoms with E-state index in [-0.39, 0.29) is 28.4 Å². The van der Waals surface area contributed by atoms with E-state index in [2.05, 4.69) is 9.97 Å². The minimum absolute atomic E-state index is 0.0631. The zero-order chi connectivity index (χ0) is 17.3. The largest absolute Gasteiger partial charge is 0.487 e. The summed E-state index contributed by atoms with van der Waals surface area (Å²) < 4.78 is 32.7. The molecule has 9 heteroatoms. The van der Waals surface area contributed by atoms with Crippen molar-refractivity contribution in [3.8, 4) is 5.75 Å². The van der Waals surface area contributed by atoms with Gasteiger partial charge in [0.25, 0.3) is 0 Å². The van der Waals surface area contributed by atoms with Crippen molar-refractivity contribution in [3.05, 3.63) is 41.3 Å². The minimum Gasteiger partial charge on any atom is -0.487 e. The summed E-state index contributed by atoms with van der Waals surface area (Å²) in [7, 11) is -3.76. The molecule has 0 amide bonds. The summed E-state index contributed by atoms with van der Waals surface area (Å²) in [5.41, 5.74) is 6.47. The number of nitrogens with zero attached hydrogens (tertiary/aromatic N) is 3. The van der Waals surface area contributed by atoms with E-state index in [9.17, 15) is 8.42 Å². The quantitative estimate of drug-likeness (QED) is 0.884. The van der Waals surface area contributed by atoms with Crippen molar-refractivity contribution < 1.29 is 13.2 Å². The van der Waals surface area contributed by atoms with Crippen LogP contribution in [0.2, 0.25) is 5.02 Å². The summed E-state index contributed by atoms with van der Waals surface area (Å²) in [5, 5.41) is 0.223. The van der Waals surface area contributed by atoms with Crippen LogP contribution in [-0.2, 0) is 10.0 Å². The molecule has 2 aromatic heterocycles. The van der Waals surface area contributed by atoms with E-state index >= 15 is 0 Å². The third kappa shape index (κ3) is 3.31. The number of hydrogen-bond acceptors (Lipinski definition) is 6. The Bertz CT molecular complexity index is 860. The highest BCUT2D eigenvalue weighted by atomic mass is 35.5. The second-order valence-corrected chi connectivity index (χ2v) is 7.86. The molecule has 1 saturated heterocycles. The van der Waals surface area contributed by atoms with Crippen molar-refractivity contribution in [3.63, 3.8) is 0 Å². The normalized spacial score (nSPS) is 18.7. The van der Waals surface area contributed by atoms with Gasteiger partial charge in [-0.1, -0.05) is 11.6 Å². The lowest BCUT2D eigenvalue weighted by molar-refractivity contribution is 0.213. The molecule has 3 heterocycles. The SMILES string of the molecule is Cc1ncccc1O[C@H]1CCN(S(=O)(=O)c2cc(Cl)cnc2N)C1. The Hall–Kier alpha value is -1.90. The van der Waals surface area contributed by atoms with Gasteiger partial charge >= 0.3 is 0 Å². The smallest absolute Gasteiger partial charge is 0.246 e. The van der Waals surface area contributed by atoms with E-state index in [0.717, 1.165) is 5.69 Å². The number of hydrogen-bond donors (Lipinski definition) is 1. The molecule has 128 valence electrons. The molecule has 0 aliphatic carbocycles. The number of rotatable bonds is 4. The highest BCUT2D eigenvalue weighted by Gasteiger charge is 2.35. The van der Waals surface area contributed by atoms with Gasteiger partial charge in [0.2, 0.25) is 10.0 Å². The predicted octanol–water partition coefficient (Wildman–Crippen LogP) is 1.86. The van der Waals surface area contributed by atoms with Crippen LogP contribution in [0.1, 0.15) is 12.1 Å². The van der Waals surface area contributed by atoms with Crippen molar-refractivity contribution in [1.29, 1.82) is 0 Å². The maximum absolute atomic E-state index is 12.8. The zero-order valence-corrected chi connectivity index (χ0v) is 14.6. The first-order valence-electron chi connectivity index (χ1n) is 7.37. The van der Waals surface area contributed by atoms with Crippen molar-refractivity contribution in [1.82, 2.24) is 14.3 Å². The van der Waals surface area contributed by atoms with Gasteiger partial charge < -0.3 is 10.5 Å². The van der Waals surface area contributed by atoms with Crippen LogP contribution in [0.3, 0.4) is 0 Å².